The number of rotatable bonds is 10. The first kappa shape index (κ1) is 19.7. The maximum Gasteiger partial charge on any atom is 0.0716 e. The largest absolute Gasteiger partial charge is 0.377 e. The molecule has 2 aromatic carbocycles. The number of benzene rings is 2. The van der Waals surface area contributed by atoms with Crippen LogP contribution in [0.4, 0.5) is 0 Å². The zero-order chi connectivity index (χ0) is 18.1. The van der Waals surface area contributed by atoms with Gasteiger partial charge in [0.25, 0.3) is 0 Å². The molecule has 2 rings (SSSR count). The summed E-state index contributed by atoms with van der Waals surface area (Å²) in [6.45, 7) is 11.7. The molecule has 0 radical (unpaired) electrons. The molecule has 0 bridgehead atoms. The summed E-state index contributed by atoms with van der Waals surface area (Å²) in [5.74, 6) is 1.15. The van der Waals surface area contributed by atoms with Crippen molar-refractivity contribution in [2.75, 3.05) is 13.2 Å². The van der Waals surface area contributed by atoms with Crippen LogP contribution in [0.1, 0.15) is 68.2 Å². The molecule has 0 aliphatic heterocycles. The molecular formula is C23H32O2. The molecule has 0 saturated carbocycles. The monoisotopic (exact) mass is 340 g/mol. The normalized spacial score (nSPS) is 11.4. The molecule has 0 heterocycles. The van der Waals surface area contributed by atoms with Crippen LogP contribution in [0.15, 0.2) is 48.5 Å². The van der Waals surface area contributed by atoms with Gasteiger partial charge in [0.2, 0.25) is 0 Å². The maximum absolute atomic E-state index is 5.73. The van der Waals surface area contributed by atoms with Crippen molar-refractivity contribution in [1.29, 1.82) is 0 Å². The Kier molecular flexibility index (Phi) is 8.17. The highest BCUT2D eigenvalue weighted by atomic mass is 16.5. The molecule has 0 aromatic heterocycles. The Balaban J connectivity index is 1.56. The lowest BCUT2D eigenvalue weighted by Gasteiger charge is -2.09. The van der Waals surface area contributed by atoms with Gasteiger partial charge in [0.15, 0.2) is 0 Å². The van der Waals surface area contributed by atoms with Gasteiger partial charge in [-0.15, -0.1) is 0 Å². The first-order valence-electron chi connectivity index (χ1n) is 9.39. The Morgan fingerprint density at radius 1 is 0.600 bits per heavy atom. The third-order valence-corrected chi connectivity index (χ3v) is 4.41. The van der Waals surface area contributed by atoms with E-state index in [0.29, 0.717) is 25.0 Å². The lowest BCUT2D eigenvalue weighted by molar-refractivity contribution is 0.0695. The van der Waals surface area contributed by atoms with Crippen LogP contribution in [0.2, 0.25) is 0 Å². The number of hydrogen-bond donors (Lipinski definition) is 0. The van der Waals surface area contributed by atoms with E-state index < -0.39 is 0 Å². The molecule has 0 fully saturated rings. The van der Waals surface area contributed by atoms with Gasteiger partial charge in [0.05, 0.1) is 13.2 Å². The summed E-state index contributed by atoms with van der Waals surface area (Å²) in [6.07, 6.45) is 0.925. The molecular weight excluding hydrogens is 308 g/mol. The fourth-order valence-electron chi connectivity index (χ4n) is 2.64. The van der Waals surface area contributed by atoms with Gasteiger partial charge in [0.1, 0.15) is 0 Å². The van der Waals surface area contributed by atoms with E-state index in [1.165, 1.54) is 22.3 Å². The van der Waals surface area contributed by atoms with Crippen LogP contribution in [0.5, 0.6) is 0 Å². The summed E-state index contributed by atoms with van der Waals surface area (Å²) in [5.41, 5.74) is 5.21. The third-order valence-electron chi connectivity index (χ3n) is 4.41. The minimum Gasteiger partial charge on any atom is -0.377 e. The van der Waals surface area contributed by atoms with E-state index >= 15 is 0 Å². The molecule has 2 nitrogen and oxygen atoms in total. The average molecular weight is 341 g/mol. The predicted molar refractivity (Wildman–Crippen MR) is 105 cm³/mol. The highest BCUT2D eigenvalue weighted by Crippen LogP contribution is 2.16. The summed E-state index contributed by atoms with van der Waals surface area (Å²) >= 11 is 0. The van der Waals surface area contributed by atoms with Crippen LogP contribution in [-0.4, -0.2) is 13.2 Å². The highest BCUT2D eigenvalue weighted by Gasteiger charge is 2.00. The SMILES string of the molecule is CC(C)c1ccc(COCCCOCc2ccc(C(C)C)cc2)cc1. The smallest absolute Gasteiger partial charge is 0.0716 e. The predicted octanol–water partition coefficient (Wildman–Crippen LogP) is 6.06. The van der Waals surface area contributed by atoms with E-state index in [1.807, 2.05) is 0 Å². The molecule has 2 aromatic rings. The molecule has 0 saturated heterocycles. The Morgan fingerprint density at radius 3 is 1.28 bits per heavy atom. The van der Waals surface area contributed by atoms with Crippen molar-refractivity contribution in [3.8, 4) is 0 Å². The summed E-state index contributed by atoms with van der Waals surface area (Å²) in [5, 5.41) is 0. The van der Waals surface area contributed by atoms with E-state index in [1.54, 1.807) is 0 Å². The van der Waals surface area contributed by atoms with Crippen LogP contribution in [-0.2, 0) is 22.7 Å². The van der Waals surface area contributed by atoms with Crippen LogP contribution in [0.3, 0.4) is 0 Å². The lowest BCUT2D eigenvalue weighted by Crippen LogP contribution is -2.02. The quantitative estimate of drug-likeness (QED) is 0.490. The summed E-state index contributed by atoms with van der Waals surface area (Å²) in [7, 11) is 0. The van der Waals surface area contributed by atoms with Crippen molar-refractivity contribution in [2.45, 2.75) is 59.2 Å². The molecule has 0 aliphatic rings. The second kappa shape index (κ2) is 10.4. The van der Waals surface area contributed by atoms with Crippen molar-refractivity contribution in [3.63, 3.8) is 0 Å². The zero-order valence-corrected chi connectivity index (χ0v) is 16.1. The van der Waals surface area contributed by atoms with Gasteiger partial charge >= 0.3 is 0 Å². The van der Waals surface area contributed by atoms with E-state index in [-0.39, 0.29) is 0 Å². The Hall–Kier alpha value is -1.64. The van der Waals surface area contributed by atoms with E-state index in [0.717, 1.165) is 19.6 Å². The minimum absolute atomic E-state index is 0.577. The molecule has 0 aliphatic carbocycles. The number of ether oxygens (including phenoxy) is 2. The topological polar surface area (TPSA) is 18.5 Å². The summed E-state index contributed by atoms with van der Waals surface area (Å²) < 4.78 is 11.5. The second-order valence-corrected chi connectivity index (χ2v) is 7.25. The van der Waals surface area contributed by atoms with E-state index in [9.17, 15) is 0 Å². The van der Waals surface area contributed by atoms with Gasteiger partial charge in [-0.1, -0.05) is 76.2 Å². The van der Waals surface area contributed by atoms with Crippen LogP contribution in [0.25, 0.3) is 0 Å². The van der Waals surface area contributed by atoms with Gasteiger partial charge in [-0.05, 0) is 40.5 Å². The molecule has 136 valence electrons. The fourth-order valence-corrected chi connectivity index (χ4v) is 2.64. The standard InChI is InChI=1S/C23H32O2/c1-18(2)22-10-6-20(7-11-22)16-24-14-5-15-25-17-21-8-12-23(13-9-21)19(3)4/h6-13,18-19H,5,14-17H2,1-4H3. The van der Waals surface area contributed by atoms with Gasteiger partial charge in [-0.25, -0.2) is 0 Å². The maximum atomic E-state index is 5.73. The molecule has 0 atom stereocenters. The van der Waals surface area contributed by atoms with Crippen LogP contribution < -0.4 is 0 Å². The van der Waals surface area contributed by atoms with Crippen molar-refractivity contribution in [3.05, 3.63) is 70.8 Å². The molecule has 0 spiro atoms. The Morgan fingerprint density at radius 2 is 0.960 bits per heavy atom. The van der Waals surface area contributed by atoms with Gasteiger partial charge in [-0.2, -0.15) is 0 Å². The third kappa shape index (κ3) is 7.01. The summed E-state index contributed by atoms with van der Waals surface area (Å²) in [4.78, 5) is 0. The highest BCUT2D eigenvalue weighted by molar-refractivity contribution is 5.25. The van der Waals surface area contributed by atoms with E-state index in [2.05, 4.69) is 76.2 Å². The van der Waals surface area contributed by atoms with E-state index in [4.69, 9.17) is 9.47 Å². The molecule has 0 unspecified atom stereocenters. The number of hydrogen-bond acceptors (Lipinski definition) is 2. The fraction of sp³-hybridized carbons (Fsp3) is 0.478. The molecule has 2 heteroatoms. The molecule has 25 heavy (non-hydrogen) atoms. The minimum atomic E-state index is 0.577. The van der Waals surface area contributed by atoms with Crippen LogP contribution in [0, 0.1) is 0 Å². The molecule has 0 amide bonds. The van der Waals surface area contributed by atoms with Crippen molar-refractivity contribution in [1.82, 2.24) is 0 Å². The van der Waals surface area contributed by atoms with Crippen molar-refractivity contribution in [2.24, 2.45) is 0 Å². The average Bonchev–Trinajstić information content (AvgIpc) is 2.61. The van der Waals surface area contributed by atoms with Gasteiger partial charge in [-0.3, -0.25) is 0 Å². The van der Waals surface area contributed by atoms with Gasteiger partial charge in [0, 0.05) is 13.2 Å². The lowest BCUT2D eigenvalue weighted by atomic mass is 10.0. The Bertz CT molecular complexity index is 541. The second-order valence-electron chi connectivity index (χ2n) is 7.25. The zero-order valence-electron chi connectivity index (χ0n) is 16.1. The molecule has 0 N–H and O–H groups in total. The van der Waals surface area contributed by atoms with Crippen molar-refractivity contribution >= 4 is 0 Å². The van der Waals surface area contributed by atoms with Crippen LogP contribution >= 0.6 is 0 Å². The summed E-state index contributed by atoms with van der Waals surface area (Å²) in [6, 6.07) is 17.4. The first-order chi connectivity index (χ1) is 12.1. The Labute approximate surface area is 153 Å². The van der Waals surface area contributed by atoms with Crippen molar-refractivity contribution < 1.29 is 9.47 Å². The first-order valence-corrected chi connectivity index (χ1v) is 9.39. The van der Waals surface area contributed by atoms with Gasteiger partial charge < -0.3 is 9.47 Å².